The van der Waals surface area contributed by atoms with Crippen molar-refractivity contribution in [1.29, 1.82) is 0 Å². The lowest BCUT2D eigenvalue weighted by Crippen LogP contribution is -2.42. The van der Waals surface area contributed by atoms with E-state index in [1.54, 1.807) is 41.8 Å². The Hall–Kier alpha value is -3.89. The SMILES string of the molecule is CCOc1ccc(NC(=O)N2CCC(C(=O)O)CC2)cc1-c1nc2c(c(C)nn2C)c(=O)[nH]1. The summed E-state index contributed by atoms with van der Waals surface area (Å²) in [4.78, 5) is 45.6. The number of hydrogen-bond acceptors (Lipinski definition) is 6. The number of ether oxygens (including phenoxy) is 1. The summed E-state index contributed by atoms with van der Waals surface area (Å²) in [5.74, 6) is -0.427. The number of aryl methyl sites for hydroxylation is 2. The van der Waals surface area contributed by atoms with Crippen molar-refractivity contribution in [2.45, 2.75) is 26.7 Å². The van der Waals surface area contributed by atoms with Gasteiger partial charge in [0.25, 0.3) is 5.56 Å². The highest BCUT2D eigenvalue weighted by Gasteiger charge is 2.27. The average Bonchev–Trinajstić information content (AvgIpc) is 3.08. The number of hydrogen-bond donors (Lipinski definition) is 3. The maximum Gasteiger partial charge on any atom is 0.321 e. The lowest BCUT2D eigenvalue weighted by Gasteiger charge is -2.30. The number of piperidine rings is 1. The van der Waals surface area contributed by atoms with Gasteiger partial charge in [-0.05, 0) is 44.9 Å². The number of aliphatic carboxylic acids is 1. The van der Waals surface area contributed by atoms with Crippen LogP contribution < -0.4 is 15.6 Å². The molecule has 11 heteroatoms. The molecule has 11 nitrogen and oxygen atoms in total. The van der Waals surface area contributed by atoms with Gasteiger partial charge in [0.2, 0.25) is 0 Å². The number of benzene rings is 1. The highest BCUT2D eigenvalue weighted by molar-refractivity contribution is 5.91. The van der Waals surface area contributed by atoms with E-state index in [2.05, 4.69) is 20.4 Å². The van der Waals surface area contributed by atoms with Crippen LogP contribution in [-0.2, 0) is 11.8 Å². The summed E-state index contributed by atoms with van der Waals surface area (Å²) >= 11 is 0. The standard InChI is InChI=1S/C22H26N6O5/c1-4-33-16-6-5-14(23-22(32)28-9-7-13(8-10-28)21(30)31)11-15(16)18-24-19-17(20(29)25-18)12(2)26-27(19)3/h5-6,11,13H,4,7-10H2,1-3H3,(H,23,32)(H,30,31)(H,24,25,29). The van der Waals surface area contributed by atoms with Crippen LogP contribution in [0.2, 0.25) is 0 Å². The normalized spacial score (nSPS) is 14.5. The number of carbonyl (C=O) groups excluding carboxylic acids is 1. The lowest BCUT2D eigenvalue weighted by molar-refractivity contribution is -0.143. The number of aromatic nitrogens is 4. The van der Waals surface area contributed by atoms with Crippen LogP contribution >= 0.6 is 0 Å². The van der Waals surface area contributed by atoms with E-state index in [-0.39, 0.29) is 11.6 Å². The Kier molecular flexibility index (Phi) is 6.03. The summed E-state index contributed by atoms with van der Waals surface area (Å²) in [6.07, 6.45) is 0.846. The number of rotatable bonds is 5. The number of H-pyrrole nitrogens is 1. The third kappa shape index (κ3) is 4.38. The maximum atomic E-state index is 12.7. The van der Waals surface area contributed by atoms with Gasteiger partial charge in [0.1, 0.15) is 17.0 Å². The zero-order valence-corrected chi connectivity index (χ0v) is 18.7. The molecule has 4 rings (SSSR count). The number of fused-ring (bicyclic) bond motifs is 1. The van der Waals surface area contributed by atoms with Crippen molar-refractivity contribution < 1.29 is 19.4 Å². The molecule has 33 heavy (non-hydrogen) atoms. The van der Waals surface area contributed by atoms with Gasteiger partial charge < -0.3 is 25.0 Å². The van der Waals surface area contributed by atoms with Gasteiger partial charge in [0, 0.05) is 25.8 Å². The molecule has 0 bridgehead atoms. The van der Waals surface area contributed by atoms with Crippen LogP contribution in [0.4, 0.5) is 10.5 Å². The Bertz CT molecular complexity index is 1270. The van der Waals surface area contributed by atoms with E-state index < -0.39 is 11.9 Å². The van der Waals surface area contributed by atoms with E-state index in [0.717, 1.165) is 0 Å². The maximum absolute atomic E-state index is 12.7. The molecule has 2 aromatic heterocycles. The van der Waals surface area contributed by atoms with Crippen LogP contribution in [0.1, 0.15) is 25.5 Å². The van der Waals surface area contributed by atoms with Crippen LogP contribution in [0.3, 0.4) is 0 Å². The number of carbonyl (C=O) groups is 2. The quantitative estimate of drug-likeness (QED) is 0.537. The molecule has 2 amide bonds. The van der Waals surface area contributed by atoms with Gasteiger partial charge >= 0.3 is 12.0 Å². The van der Waals surface area contributed by atoms with E-state index in [1.165, 1.54) is 0 Å². The monoisotopic (exact) mass is 454 g/mol. The van der Waals surface area contributed by atoms with E-state index in [4.69, 9.17) is 9.84 Å². The highest BCUT2D eigenvalue weighted by atomic mass is 16.5. The number of nitrogens with one attached hydrogen (secondary N) is 2. The molecule has 174 valence electrons. The van der Waals surface area contributed by atoms with Gasteiger partial charge in [0.05, 0.1) is 23.8 Å². The van der Waals surface area contributed by atoms with Gasteiger partial charge in [-0.2, -0.15) is 5.10 Å². The molecule has 3 heterocycles. The molecule has 3 aromatic rings. The molecule has 0 radical (unpaired) electrons. The van der Waals surface area contributed by atoms with E-state index in [1.807, 2.05) is 6.92 Å². The molecule has 1 saturated heterocycles. The van der Waals surface area contributed by atoms with Crippen LogP contribution in [0.15, 0.2) is 23.0 Å². The van der Waals surface area contributed by atoms with Crippen LogP contribution in [0.25, 0.3) is 22.4 Å². The fourth-order valence-electron chi connectivity index (χ4n) is 4.08. The van der Waals surface area contributed by atoms with Gasteiger partial charge in [-0.15, -0.1) is 0 Å². The molecule has 1 aliphatic heterocycles. The van der Waals surface area contributed by atoms with Crippen molar-refractivity contribution >= 4 is 28.7 Å². The molecule has 1 aliphatic rings. The molecule has 0 atom stereocenters. The van der Waals surface area contributed by atoms with Crippen LogP contribution in [0, 0.1) is 12.8 Å². The fraction of sp³-hybridized carbons (Fsp3) is 0.409. The minimum Gasteiger partial charge on any atom is -0.493 e. The van der Waals surface area contributed by atoms with E-state index >= 15 is 0 Å². The third-order valence-electron chi connectivity index (χ3n) is 5.79. The van der Waals surface area contributed by atoms with Crippen LogP contribution in [0.5, 0.6) is 5.75 Å². The van der Waals surface area contributed by atoms with Crippen molar-refractivity contribution in [2.75, 3.05) is 25.0 Å². The van der Waals surface area contributed by atoms with Crippen molar-refractivity contribution in [3.8, 4) is 17.1 Å². The number of likely N-dealkylation sites (tertiary alicyclic amines) is 1. The van der Waals surface area contributed by atoms with Gasteiger partial charge in [-0.3, -0.25) is 9.59 Å². The zero-order chi connectivity index (χ0) is 23.7. The number of anilines is 1. The number of amides is 2. The Labute approximate surface area is 189 Å². The first kappa shape index (κ1) is 22.3. The molecule has 0 unspecified atom stereocenters. The molecular weight excluding hydrogens is 428 g/mol. The minimum atomic E-state index is -0.826. The van der Waals surface area contributed by atoms with Gasteiger partial charge in [-0.1, -0.05) is 0 Å². The number of urea groups is 1. The first-order valence-electron chi connectivity index (χ1n) is 10.8. The summed E-state index contributed by atoms with van der Waals surface area (Å²) in [7, 11) is 1.72. The summed E-state index contributed by atoms with van der Waals surface area (Å²) in [6.45, 7) is 4.76. The van der Waals surface area contributed by atoms with Crippen molar-refractivity contribution in [3.63, 3.8) is 0 Å². The largest absolute Gasteiger partial charge is 0.493 e. The van der Waals surface area contributed by atoms with Crippen molar-refractivity contribution in [2.24, 2.45) is 13.0 Å². The second kappa shape index (κ2) is 8.93. The Balaban J connectivity index is 1.64. The Morgan fingerprint density at radius 3 is 2.70 bits per heavy atom. The second-order valence-electron chi connectivity index (χ2n) is 8.00. The molecule has 1 aromatic carbocycles. The summed E-state index contributed by atoms with van der Waals surface area (Å²) in [5.41, 5.74) is 1.76. The van der Waals surface area contributed by atoms with Crippen molar-refractivity contribution in [3.05, 3.63) is 34.2 Å². The fourth-order valence-corrected chi connectivity index (χ4v) is 4.08. The minimum absolute atomic E-state index is 0.303. The highest BCUT2D eigenvalue weighted by Crippen LogP contribution is 2.31. The molecule has 1 fully saturated rings. The van der Waals surface area contributed by atoms with E-state index in [0.29, 0.717) is 72.1 Å². The number of carboxylic acid groups (broad SMARTS) is 1. The Morgan fingerprint density at radius 2 is 2.03 bits per heavy atom. The average molecular weight is 454 g/mol. The summed E-state index contributed by atoms with van der Waals surface area (Å²) in [6, 6.07) is 4.80. The number of nitrogens with zero attached hydrogens (tertiary/aromatic N) is 4. The smallest absolute Gasteiger partial charge is 0.321 e. The predicted molar refractivity (Wildman–Crippen MR) is 121 cm³/mol. The number of aromatic amines is 1. The first-order chi connectivity index (χ1) is 15.8. The predicted octanol–water partition coefficient (Wildman–Crippen LogP) is 2.36. The molecule has 3 N–H and O–H groups in total. The topological polar surface area (TPSA) is 142 Å². The van der Waals surface area contributed by atoms with Crippen molar-refractivity contribution in [1.82, 2.24) is 24.6 Å². The van der Waals surface area contributed by atoms with Gasteiger partial charge in [-0.25, -0.2) is 14.5 Å². The Morgan fingerprint density at radius 1 is 1.30 bits per heavy atom. The third-order valence-corrected chi connectivity index (χ3v) is 5.79. The first-order valence-corrected chi connectivity index (χ1v) is 10.8. The lowest BCUT2D eigenvalue weighted by atomic mass is 9.97. The van der Waals surface area contributed by atoms with Gasteiger partial charge in [0.15, 0.2) is 5.65 Å². The van der Waals surface area contributed by atoms with E-state index in [9.17, 15) is 14.4 Å². The molecule has 0 saturated carbocycles. The zero-order valence-electron chi connectivity index (χ0n) is 18.7. The summed E-state index contributed by atoms with van der Waals surface area (Å²) in [5, 5.41) is 16.7. The molecular formula is C22H26N6O5. The molecule has 0 aliphatic carbocycles. The second-order valence-corrected chi connectivity index (χ2v) is 8.00. The molecule has 0 spiro atoms. The number of carboxylic acids is 1. The summed E-state index contributed by atoms with van der Waals surface area (Å²) < 4.78 is 7.28. The van der Waals surface area contributed by atoms with Crippen LogP contribution in [-0.4, -0.2) is 61.5 Å².